The monoisotopic (exact) mass is 458 g/mol. The molecule has 1 heterocycles. The van der Waals surface area contributed by atoms with E-state index in [1.165, 1.54) is 6.08 Å². The fraction of sp³-hybridized carbons (Fsp3) is 0.185. The molecule has 2 atom stereocenters. The van der Waals surface area contributed by atoms with Crippen LogP contribution in [0.3, 0.4) is 0 Å². The van der Waals surface area contributed by atoms with E-state index in [0.717, 1.165) is 11.1 Å². The minimum absolute atomic E-state index is 0.385. The van der Waals surface area contributed by atoms with Crippen molar-refractivity contribution in [1.82, 2.24) is 5.32 Å². The van der Waals surface area contributed by atoms with Crippen LogP contribution in [-0.4, -0.2) is 22.7 Å². The molecule has 0 saturated carbocycles. The second-order valence-electron chi connectivity index (χ2n) is 8.44. The van der Waals surface area contributed by atoms with Crippen molar-refractivity contribution in [3.8, 4) is 11.8 Å². The third-order valence-corrected chi connectivity index (χ3v) is 5.90. The molecule has 3 aromatic rings. The Morgan fingerprint density at radius 2 is 1.82 bits per heavy atom. The van der Waals surface area contributed by atoms with Crippen molar-refractivity contribution in [2.75, 3.05) is 0 Å². The van der Waals surface area contributed by atoms with Gasteiger partial charge in [0.25, 0.3) is 0 Å². The maximum Gasteiger partial charge on any atom is 0.245 e. The first-order valence-electron chi connectivity index (χ1n) is 10.5. The van der Waals surface area contributed by atoms with Crippen LogP contribution in [0.2, 0.25) is 5.02 Å². The predicted octanol–water partition coefficient (Wildman–Crippen LogP) is 5.03. The van der Waals surface area contributed by atoms with E-state index in [4.69, 9.17) is 16.3 Å². The van der Waals surface area contributed by atoms with Gasteiger partial charge in [-0.2, -0.15) is 5.26 Å². The molecule has 33 heavy (non-hydrogen) atoms. The van der Waals surface area contributed by atoms with Crippen molar-refractivity contribution < 1.29 is 14.6 Å². The Kier molecular flexibility index (Phi) is 6.24. The van der Waals surface area contributed by atoms with E-state index in [2.05, 4.69) is 11.4 Å². The number of aliphatic hydroxyl groups is 1. The highest BCUT2D eigenvalue weighted by molar-refractivity contribution is 6.30. The molecule has 6 heteroatoms. The first kappa shape index (κ1) is 22.6. The van der Waals surface area contributed by atoms with Crippen LogP contribution in [-0.2, 0) is 4.79 Å². The molecular formula is C27H23ClN2O3. The standard InChI is InChI=1S/C27H23ClN2O3/c1-27(2)26(32)25(22-13-17(16-29)11-12-23(22)33-27)30-24(31)15-21(18-7-4-3-5-8-18)19-9-6-10-20(28)14-19/h3-15,25-26,32H,1-2H3,(H,30,31)/b21-15+/t25-,26+/m0/s1. The largest absolute Gasteiger partial charge is 0.485 e. The van der Waals surface area contributed by atoms with Gasteiger partial charge in [0.2, 0.25) is 5.91 Å². The molecule has 0 unspecified atom stereocenters. The summed E-state index contributed by atoms with van der Waals surface area (Å²) in [6.07, 6.45) is 0.479. The van der Waals surface area contributed by atoms with Gasteiger partial charge in [-0.05, 0) is 60.9 Å². The van der Waals surface area contributed by atoms with Crippen molar-refractivity contribution in [1.29, 1.82) is 5.26 Å². The minimum Gasteiger partial charge on any atom is -0.485 e. The van der Waals surface area contributed by atoms with Gasteiger partial charge in [0.1, 0.15) is 17.5 Å². The van der Waals surface area contributed by atoms with Crippen molar-refractivity contribution in [3.05, 3.63) is 106 Å². The van der Waals surface area contributed by atoms with Crippen LogP contribution in [0.15, 0.2) is 78.9 Å². The number of nitrogens with zero attached hydrogens (tertiary/aromatic N) is 1. The number of ether oxygens (including phenoxy) is 1. The van der Waals surface area contributed by atoms with Crippen molar-refractivity contribution in [3.63, 3.8) is 0 Å². The van der Waals surface area contributed by atoms with E-state index in [1.807, 2.05) is 42.5 Å². The molecule has 166 valence electrons. The molecule has 0 aromatic heterocycles. The second kappa shape index (κ2) is 9.11. The third-order valence-electron chi connectivity index (χ3n) is 5.67. The Morgan fingerprint density at radius 3 is 2.52 bits per heavy atom. The van der Waals surface area contributed by atoms with Crippen LogP contribution in [0.1, 0.15) is 42.1 Å². The molecule has 4 rings (SSSR count). The zero-order valence-corrected chi connectivity index (χ0v) is 19.0. The number of fused-ring (bicyclic) bond motifs is 1. The number of halogens is 1. The molecule has 0 spiro atoms. The van der Waals surface area contributed by atoms with Gasteiger partial charge in [0.15, 0.2) is 0 Å². The molecular weight excluding hydrogens is 436 g/mol. The topological polar surface area (TPSA) is 82.3 Å². The molecule has 5 nitrogen and oxygen atoms in total. The maximum atomic E-state index is 13.2. The normalized spacial score (nSPS) is 19.1. The van der Waals surface area contributed by atoms with E-state index >= 15 is 0 Å². The number of nitrogens with one attached hydrogen (secondary N) is 1. The van der Waals surface area contributed by atoms with Gasteiger partial charge in [0.05, 0.1) is 17.7 Å². The number of benzene rings is 3. The molecule has 1 aliphatic heterocycles. The lowest BCUT2D eigenvalue weighted by molar-refractivity contribution is -0.121. The lowest BCUT2D eigenvalue weighted by Gasteiger charge is -2.42. The molecule has 1 aliphatic rings. The lowest BCUT2D eigenvalue weighted by Crippen LogP contribution is -2.53. The predicted molar refractivity (Wildman–Crippen MR) is 128 cm³/mol. The number of rotatable bonds is 4. The van der Waals surface area contributed by atoms with Crippen molar-refractivity contribution in [2.24, 2.45) is 0 Å². The molecule has 0 bridgehead atoms. The molecule has 0 aliphatic carbocycles. The summed E-state index contributed by atoms with van der Waals surface area (Å²) in [5, 5.41) is 23.8. The average Bonchev–Trinajstić information content (AvgIpc) is 2.80. The van der Waals surface area contributed by atoms with Gasteiger partial charge in [-0.3, -0.25) is 4.79 Å². The number of carbonyl (C=O) groups is 1. The number of nitriles is 1. The Morgan fingerprint density at radius 1 is 1.09 bits per heavy atom. The maximum absolute atomic E-state index is 13.2. The molecule has 0 saturated heterocycles. The zero-order chi connectivity index (χ0) is 23.6. The molecule has 2 N–H and O–H groups in total. The summed E-state index contributed by atoms with van der Waals surface area (Å²) in [6, 6.07) is 23.2. The van der Waals surface area contributed by atoms with Crippen LogP contribution < -0.4 is 10.1 Å². The SMILES string of the molecule is CC1(C)Oc2ccc(C#N)cc2[C@H](NC(=O)/C=C(\c2ccccc2)c2cccc(Cl)c2)[C@H]1O. The van der Waals surface area contributed by atoms with Gasteiger partial charge in [0, 0.05) is 16.7 Å². The molecule has 1 amide bonds. The lowest BCUT2D eigenvalue weighted by atomic mass is 9.86. The van der Waals surface area contributed by atoms with Gasteiger partial charge >= 0.3 is 0 Å². The van der Waals surface area contributed by atoms with Gasteiger partial charge < -0.3 is 15.2 Å². The van der Waals surface area contributed by atoms with Crippen LogP contribution in [0, 0.1) is 11.3 Å². The van der Waals surface area contributed by atoms with Crippen molar-refractivity contribution >= 4 is 23.1 Å². The molecule has 3 aromatic carbocycles. The van der Waals surface area contributed by atoms with E-state index < -0.39 is 17.7 Å². The fourth-order valence-corrected chi connectivity index (χ4v) is 4.15. The smallest absolute Gasteiger partial charge is 0.245 e. The highest BCUT2D eigenvalue weighted by Crippen LogP contribution is 2.40. The average molecular weight is 459 g/mol. The Bertz CT molecular complexity index is 1260. The van der Waals surface area contributed by atoms with E-state index in [-0.39, 0.29) is 5.91 Å². The van der Waals surface area contributed by atoms with Crippen molar-refractivity contribution in [2.45, 2.75) is 31.6 Å². The summed E-state index contributed by atoms with van der Waals surface area (Å²) < 4.78 is 5.93. The van der Waals surface area contributed by atoms with Crippen LogP contribution in [0.4, 0.5) is 0 Å². The van der Waals surface area contributed by atoms with Crippen LogP contribution in [0.25, 0.3) is 5.57 Å². The number of hydrogen-bond acceptors (Lipinski definition) is 4. The summed E-state index contributed by atoms with van der Waals surface area (Å²) >= 11 is 6.20. The summed E-state index contributed by atoms with van der Waals surface area (Å²) in [5.74, 6) is 0.139. The third kappa shape index (κ3) is 4.78. The number of carbonyl (C=O) groups excluding carboxylic acids is 1. The summed E-state index contributed by atoms with van der Waals surface area (Å²) in [5.41, 5.74) is 2.40. The number of amides is 1. The summed E-state index contributed by atoms with van der Waals surface area (Å²) in [4.78, 5) is 13.2. The van der Waals surface area contributed by atoms with E-state index in [1.54, 1.807) is 44.2 Å². The quantitative estimate of drug-likeness (QED) is 0.537. The second-order valence-corrected chi connectivity index (χ2v) is 8.87. The fourth-order valence-electron chi connectivity index (χ4n) is 3.96. The minimum atomic E-state index is -1.03. The summed E-state index contributed by atoms with van der Waals surface area (Å²) in [7, 11) is 0. The Labute approximate surface area is 197 Å². The van der Waals surface area contributed by atoms with Crippen LogP contribution in [0.5, 0.6) is 5.75 Å². The van der Waals surface area contributed by atoms with Crippen LogP contribution >= 0.6 is 11.6 Å². The van der Waals surface area contributed by atoms with Gasteiger partial charge in [-0.25, -0.2) is 0 Å². The van der Waals surface area contributed by atoms with Gasteiger partial charge in [-0.15, -0.1) is 0 Å². The first-order valence-corrected chi connectivity index (χ1v) is 10.9. The first-order chi connectivity index (χ1) is 15.8. The van der Waals surface area contributed by atoms with Gasteiger partial charge in [-0.1, -0.05) is 54.1 Å². The Hall–Kier alpha value is -3.59. The zero-order valence-electron chi connectivity index (χ0n) is 18.2. The highest BCUT2D eigenvalue weighted by atomic mass is 35.5. The highest BCUT2D eigenvalue weighted by Gasteiger charge is 2.43. The summed E-state index contributed by atoms with van der Waals surface area (Å²) in [6.45, 7) is 3.52. The van der Waals surface area contributed by atoms with E-state index in [9.17, 15) is 15.2 Å². The number of hydrogen-bond donors (Lipinski definition) is 2. The number of aliphatic hydroxyl groups excluding tert-OH is 1. The molecule has 0 radical (unpaired) electrons. The Balaban J connectivity index is 1.73. The van der Waals surface area contributed by atoms with E-state index in [0.29, 0.717) is 27.5 Å². The molecule has 0 fully saturated rings.